The van der Waals surface area contributed by atoms with Crippen molar-refractivity contribution in [2.24, 2.45) is 0 Å². The summed E-state index contributed by atoms with van der Waals surface area (Å²) < 4.78 is 0. The number of aromatic nitrogens is 3. The van der Waals surface area contributed by atoms with Gasteiger partial charge in [-0.05, 0) is 62.7 Å². The highest BCUT2D eigenvalue weighted by molar-refractivity contribution is 5.92. The number of hydrogen-bond donors (Lipinski definition) is 1. The molecule has 3 aromatic rings. The zero-order chi connectivity index (χ0) is 18.5. The number of carbonyl (C=O) groups excluding carboxylic acids is 1. The van der Waals surface area contributed by atoms with Gasteiger partial charge in [-0.1, -0.05) is 6.92 Å². The van der Waals surface area contributed by atoms with Crippen LogP contribution in [-0.2, 0) is 4.79 Å². The van der Waals surface area contributed by atoms with Gasteiger partial charge >= 0.3 is 0 Å². The van der Waals surface area contributed by atoms with Gasteiger partial charge in [0.2, 0.25) is 5.91 Å². The van der Waals surface area contributed by atoms with Gasteiger partial charge in [-0.25, -0.2) is 0 Å². The van der Waals surface area contributed by atoms with Crippen molar-refractivity contribution in [2.75, 3.05) is 23.3 Å². The van der Waals surface area contributed by atoms with Crippen LogP contribution in [0.2, 0.25) is 0 Å². The molecule has 0 fully saturated rings. The fourth-order valence-electron chi connectivity index (χ4n) is 2.94. The minimum atomic E-state index is 0.0197. The van der Waals surface area contributed by atoms with E-state index in [4.69, 9.17) is 0 Å². The molecule has 6 heteroatoms. The number of nitrogens with zero attached hydrogens (tertiary/aromatic N) is 4. The third kappa shape index (κ3) is 3.85. The Bertz CT molecular complexity index is 881. The molecule has 1 heterocycles. The van der Waals surface area contributed by atoms with Gasteiger partial charge in [0.15, 0.2) is 0 Å². The van der Waals surface area contributed by atoms with Gasteiger partial charge in [0.05, 0.1) is 5.69 Å². The SMILES string of the molecule is CCCC(=O)Nc1ccc2nn(-c3ccc(N(CC)CC)cc3)nc2c1. The van der Waals surface area contributed by atoms with E-state index >= 15 is 0 Å². The number of hydrogen-bond acceptors (Lipinski definition) is 4. The lowest BCUT2D eigenvalue weighted by molar-refractivity contribution is -0.116. The Hall–Kier alpha value is -2.89. The van der Waals surface area contributed by atoms with Crippen molar-refractivity contribution in [3.8, 4) is 5.69 Å². The van der Waals surface area contributed by atoms with Crippen LogP contribution in [0.4, 0.5) is 11.4 Å². The standard InChI is InChI=1S/C20H25N5O/c1-4-7-20(26)21-15-8-13-18-19(14-15)23-25(22-18)17-11-9-16(10-12-17)24(5-2)6-3/h8-14H,4-7H2,1-3H3,(H,21,26). The van der Waals surface area contributed by atoms with E-state index in [0.717, 1.165) is 41.9 Å². The van der Waals surface area contributed by atoms with Crippen molar-refractivity contribution in [3.63, 3.8) is 0 Å². The highest BCUT2D eigenvalue weighted by atomic mass is 16.1. The van der Waals surface area contributed by atoms with E-state index < -0.39 is 0 Å². The molecule has 1 aromatic heterocycles. The van der Waals surface area contributed by atoms with Gasteiger partial charge < -0.3 is 10.2 Å². The first kappa shape index (κ1) is 17.9. The summed E-state index contributed by atoms with van der Waals surface area (Å²) in [6.07, 6.45) is 1.34. The Balaban J connectivity index is 1.83. The Morgan fingerprint density at radius 2 is 1.69 bits per heavy atom. The Morgan fingerprint density at radius 3 is 2.35 bits per heavy atom. The molecular formula is C20H25N5O. The maximum absolute atomic E-state index is 11.8. The number of amides is 1. The Morgan fingerprint density at radius 1 is 1.00 bits per heavy atom. The molecule has 0 aliphatic carbocycles. The van der Waals surface area contributed by atoms with Crippen molar-refractivity contribution < 1.29 is 4.79 Å². The third-order valence-electron chi connectivity index (χ3n) is 4.35. The van der Waals surface area contributed by atoms with Crippen molar-refractivity contribution in [3.05, 3.63) is 42.5 Å². The molecule has 0 atom stereocenters. The second kappa shape index (κ2) is 7.99. The molecule has 26 heavy (non-hydrogen) atoms. The van der Waals surface area contributed by atoms with E-state index in [1.165, 1.54) is 5.69 Å². The van der Waals surface area contributed by atoms with Crippen molar-refractivity contribution >= 4 is 28.3 Å². The minimum absolute atomic E-state index is 0.0197. The third-order valence-corrected chi connectivity index (χ3v) is 4.35. The second-order valence-corrected chi connectivity index (χ2v) is 6.18. The first-order chi connectivity index (χ1) is 12.6. The molecule has 3 rings (SSSR count). The van der Waals surface area contributed by atoms with Crippen LogP contribution in [0, 0.1) is 0 Å². The molecule has 1 N–H and O–H groups in total. The molecule has 0 aliphatic rings. The second-order valence-electron chi connectivity index (χ2n) is 6.18. The first-order valence-electron chi connectivity index (χ1n) is 9.17. The molecule has 1 amide bonds. The molecule has 0 saturated heterocycles. The average Bonchev–Trinajstić information content (AvgIpc) is 3.07. The van der Waals surface area contributed by atoms with Crippen LogP contribution < -0.4 is 10.2 Å². The lowest BCUT2D eigenvalue weighted by atomic mass is 10.2. The maximum Gasteiger partial charge on any atom is 0.224 e. The van der Waals surface area contributed by atoms with Crippen LogP contribution in [0.5, 0.6) is 0 Å². The molecule has 0 unspecified atom stereocenters. The van der Waals surface area contributed by atoms with Crippen LogP contribution in [0.25, 0.3) is 16.7 Å². The first-order valence-corrected chi connectivity index (χ1v) is 9.17. The fraction of sp³-hybridized carbons (Fsp3) is 0.350. The number of benzene rings is 2. The molecule has 2 aromatic carbocycles. The van der Waals surface area contributed by atoms with Gasteiger partial charge in [0.25, 0.3) is 0 Å². The molecule has 0 bridgehead atoms. The summed E-state index contributed by atoms with van der Waals surface area (Å²) in [5, 5.41) is 12.0. The molecule has 0 spiro atoms. The van der Waals surface area contributed by atoms with Gasteiger partial charge in [0, 0.05) is 30.9 Å². The Labute approximate surface area is 153 Å². The molecule has 0 saturated carbocycles. The van der Waals surface area contributed by atoms with E-state index in [9.17, 15) is 4.79 Å². The van der Waals surface area contributed by atoms with Gasteiger partial charge in [-0.15, -0.1) is 10.2 Å². The maximum atomic E-state index is 11.8. The lowest BCUT2D eigenvalue weighted by Gasteiger charge is -2.20. The van der Waals surface area contributed by atoms with Crippen LogP contribution in [-0.4, -0.2) is 34.0 Å². The normalized spacial score (nSPS) is 10.9. The predicted molar refractivity (Wildman–Crippen MR) is 106 cm³/mol. The fourth-order valence-corrected chi connectivity index (χ4v) is 2.94. The quantitative estimate of drug-likeness (QED) is 0.699. The van der Waals surface area contributed by atoms with Crippen LogP contribution in [0.15, 0.2) is 42.5 Å². The zero-order valence-electron chi connectivity index (χ0n) is 15.6. The summed E-state index contributed by atoms with van der Waals surface area (Å²) >= 11 is 0. The highest BCUT2D eigenvalue weighted by Crippen LogP contribution is 2.20. The topological polar surface area (TPSA) is 63.1 Å². The van der Waals surface area contributed by atoms with Crippen LogP contribution in [0.3, 0.4) is 0 Å². The summed E-state index contributed by atoms with van der Waals surface area (Å²) in [6.45, 7) is 8.24. The van der Waals surface area contributed by atoms with Crippen molar-refractivity contribution in [1.29, 1.82) is 0 Å². The van der Waals surface area contributed by atoms with E-state index in [1.807, 2.05) is 37.3 Å². The lowest BCUT2D eigenvalue weighted by Crippen LogP contribution is -2.21. The molecule has 136 valence electrons. The summed E-state index contributed by atoms with van der Waals surface area (Å²) in [4.78, 5) is 15.7. The van der Waals surface area contributed by atoms with Gasteiger partial charge in [-0.3, -0.25) is 4.79 Å². The number of anilines is 2. The number of rotatable bonds is 7. The molecule has 6 nitrogen and oxygen atoms in total. The zero-order valence-corrected chi connectivity index (χ0v) is 15.6. The molecule has 0 radical (unpaired) electrons. The highest BCUT2D eigenvalue weighted by Gasteiger charge is 2.08. The number of fused-ring (bicyclic) bond motifs is 1. The summed E-state index contributed by atoms with van der Waals surface area (Å²) in [6, 6.07) is 13.8. The number of nitrogens with one attached hydrogen (secondary N) is 1. The average molecular weight is 351 g/mol. The largest absolute Gasteiger partial charge is 0.372 e. The summed E-state index contributed by atoms with van der Waals surface area (Å²) in [7, 11) is 0. The monoisotopic (exact) mass is 351 g/mol. The van der Waals surface area contributed by atoms with Crippen molar-refractivity contribution in [1.82, 2.24) is 15.0 Å². The summed E-state index contributed by atoms with van der Waals surface area (Å²) in [5.74, 6) is 0.0197. The van der Waals surface area contributed by atoms with Crippen molar-refractivity contribution in [2.45, 2.75) is 33.6 Å². The minimum Gasteiger partial charge on any atom is -0.372 e. The van der Waals surface area contributed by atoms with E-state index in [1.54, 1.807) is 4.80 Å². The number of carbonyl (C=O) groups is 1. The van der Waals surface area contributed by atoms with Crippen LogP contribution >= 0.6 is 0 Å². The smallest absolute Gasteiger partial charge is 0.224 e. The van der Waals surface area contributed by atoms with E-state index in [2.05, 4.69) is 46.4 Å². The molecular weight excluding hydrogens is 326 g/mol. The Kier molecular flexibility index (Phi) is 5.51. The van der Waals surface area contributed by atoms with E-state index in [0.29, 0.717) is 6.42 Å². The predicted octanol–water partition coefficient (Wildman–Crippen LogP) is 4.01. The van der Waals surface area contributed by atoms with Gasteiger partial charge in [0.1, 0.15) is 11.0 Å². The van der Waals surface area contributed by atoms with Gasteiger partial charge in [-0.2, -0.15) is 4.80 Å². The van der Waals surface area contributed by atoms with E-state index in [-0.39, 0.29) is 5.91 Å². The van der Waals surface area contributed by atoms with Crippen LogP contribution in [0.1, 0.15) is 33.6 Å². The molecule has 0 aliphatic heterocycles. The summed E-state index contributed by atoms with van der Waals surface area (Å²) in [5.41, 5.74) is 4.41.